The molecule has 0 radical (unpaired) electrons. The van der Waals surface area contributed by atoms with Crippen molar-refractivity contribution in [3.05, 3.63) is 45.0 Å². The maximum atomic E-state index is 12.5. The molecule has 0 spiro atoms. The molecule has 0 unspecified atom stereocenters. The van der Waals surface area contributed by atoms with Gasteiger partial charge in [-0.05, 0) is 18.2 Å². The number of phenolic OH excluding ortho intramolecular Hbond substituents is 1. The van der Waals surface area contributed by atoms with E-state index in [4.69, 9.17) is 14.3 Å². The number of hydrogen-bond donors (Lipinski definition) is 2. The van der Waals surface area contributed by atoms with Gasteiger partial charge in [0.1, 0.15) is 28.1 Å². The number of carboxylic acid groups (broad SMARTS) is 1. The monoisotopic (exact) mass is 364 g/mol. The van der Waals surface area contributed by atoms with E-state index in [1.54, 1.807) is 18.2 Å². The van der Waals surface area contributed by atoms with E-state index in [-0.39, 0.29) is 27.9 Å². The third-order valence-corrected chi connectivity index (χ3v) is 3.54. The fourth-order valence-electron chi connectivity index (χ4n) is 2.14. The first-order valence-corrected chi connectivity index (χ1v) is 6.98. The molecule has 0 aliphatic heterocycles. The number of hydrogen-bond acceptors (Lipinski definition) is 5. The predicted molar refractivity (Wildman–Crippen MR) is 82.5 cm³/mol. The molecule has 2 N–H and O–H groups in total. The molecule has 6 nitrogen and oxygen atoms in total. The van der Waals surface area contributed by atoms with E-state index >= 15 is 0 Å². The second-order valence-corrected chi connectivity index (χ2v) is 5.49. The molecule has 3 aromatic rings. The van der Waals surface area contributed by atoms with Crippen LogP contribution in [0.2, 0.25) is 0 Å². The van der Waals surface area contributed by atoms with Crippen LogP contribution in [0, 0.1) is 0 Å². The van der Waals surface area contributed by atoms with Crippen LogP contribution in [0.1, 0.15) is 0 Å². The minimum absolute atomic E-state index is 0.0216. The highest BCUT2D eigenvalue weighted by Gasteiger charge is 2.14. The van der Waals surface area contributed by atoms with Gasteiger partial charge in [-0.3, -0.25) is 4.79 Å². The third-order valence-electron chi connectivity index (χ3n) is 3.05. The van der Waals surface area contributed by atoms with Crippen molar-refractivity contribution in [2.24, 2.45) is 0 Å². The van der Waals surface area contributed by atoms with Crippen LogP contribution in [-0.2, 0) is 4.79 Å². The second-order valence-electron chi connectivity index (χ2n) is 4.57. The summed E-state index contributed by atoms with van der Waals surface area (Å²) in [5.74, 6) is -1.37. The van der Waals surface area contributed by atoms with E-state index in [2.05, 4.69) is 15.9 Å². The van der Waals surface area contributed by atoms with E-state index in [0.717, 1.165) is 0 Å². The van der Waals surface area contributed by atoms with Gasteiger partial charge in [0.15, 0.2) is 6.61 Å². The average molecular weight is 365 g/mol. The number of fused-ring (bicyclic) bond motifs is 2. The van der Waals surface area contributed by atoms with Gasteiger partial charge in [0, 0.05) is 16.6 Å². The van der Waals surface area contributed by atoms with Crippen LogP contribution in [0.15, 0.2) is 44.0 Å². The van der Waals surface area contributed by atoms with Crippen LogP contribution in [0.3, 0.4) is 0 Å². The number of carbonyl (C=O) groups is 1. The number of rotatable bonds is 3. The highest BCUT2D eigenvalue weighted by atomic mass is 79.9. The lowest BCUT2D eigenvalue weighted by atomic mass is 10.1. The summed E-state index contributed by atoms with van der Waals surface area (Å²) >= 11 is 3.28. The van der Waals surface area contributed by atoms with Gasteiger partial charge in [0.2, 0.25) is 5.43 Å². The zero-order valence-electron chi connectivity index (χ0n) is 11.0. The summed E-state index contributed by atoms with van der Waals surface area (Å²) in [5, 5.41) is 19.0. The number of phenols is 1. The predicted octanol–water partition coefficient (Wildman–Crippen LogP) is 2.88. The van der Waals surface area contributed by atoms with E-state index in [1.165, 1.54) is 12.1 Å². The molecule has 0 saturated heterocycles. The van der Waals surface area contributed by atoms with E-state index < -0.39 is 12.6 Å². The topological polar surface area (TPSA) is 97.0 Å². The Morgan fingerprint density at radius 2 is 2.00 bits per heavy atom. The number of carboxylic acids is 1. The quantitative estimate of drug-likeness (QED) is 0.693. The van der Waals surface area contributed by atoms with Crippen molar-refractivity contribution in [3.63, 3.8) is 0 Å². The number of benzene rings is 2. The standard InChI is InChI=1S/C15H9BrO6/c16-7-1-2-11-9(3-7)15(20)14-10(17)4-8(5-12(14)22-11)21-6-13(18)19/h1-5,17H,6H2,(H,18,19). The molecule has 7 heteroatoms. The molecule has 0 atom stereocenters. The van der Waals surface area contributed by atoms with Gasteiger partial charge in [0.25, 0.3) is 0 Å². The minimum Gasteiger partial charge on any atom is -0.507 e. The van der Waals surface area contributed by atoms with Crippen molar-refractivity contribution >= 4 is 43.8 Å². The highest BCUT2D eigenvalue weighted by Crippen LogP contribution is 2.31. The normalized spacial score (nSPS) is 11.0. The minimum atomic E-state index is -1.15. The lowest BCUT2D eigenvalue weighted by molar-refractivity contribution is -0.139. The molecule has 22 heavy (non-hydrogen) atoms. The Labute approximate surface area is 131 Å². The summed E-state index contributed by atoms with van der Waals surface area (Å²) in [6, 6.07) is 7.52. The van der Waals surface area contributed by atoms with Crippen LogP contribution in [0.5, 0.6) is 11.5 Å². The van der Waals surface area contributed by atoms with Gasteiger partial charge in [-0.1, -0.05) is 15.9 Å². The SMILES string of the molecule is O=C(O)COc1cc(O)c2c(=O)c3cc(Br)ccc3oc2c1. The molecule has 0 saturated carbocycles. The molecule has 3 rings (SSSR count). The summed E-state index contributed by atoms with van der Waals surface area (Å²) in [6.45, 7) is -0.560. The van der Waals surface area contributed by atoms with Gasteiger partial charge in [-0.15, -0.1) is 0 Å². The fourth-order valence-corrected chi connectivity index (χ4v) is 2.50. The molecule has 1 heterocycles. The lowest BCUT2D eigenvalue weighted by Gasteiger charge is -2.07. The average Bonchev–Trinajstić information content (AvgIpc) is 2.45. The molecular weight excluding hydrogens is 356 g/mol. The zero-order valence-corrected chi connectivity index (χ0v) is 12.6. The van der Waals surface area contributed by atoms with Crippen molar-refractivity contribution in [2.75, 3.05) is 6.61 Å². The van der Waals surface area contributed by atoms with E-state index in [9.17, 15) is 14.7 Å². The molecule has 0 aliphatic carbocycles. The van der Waals surface area contributed by atoms with Crippen molar-refractivity contribution in [1.82, 2.24) is 0 Å². The molecule has 0 fully saturated rings. The second kappa shape index (κ2) is 5.34. The van der Waals surface area contributed by atoms with Crippen molar-refractivity contribution in [1.29, 1.82) is 0 Å². The van der Waals surface area contributed by atoms with E-state index in [1.807, 2.05) is 0 Å². The Bertz CT molecular complexity index is 960. The van der Waals surface area contributed by atoms with Crippen molar-refractivity contribution in [2.45, 2.75) is 0 Å². The summed E-state index contributed by atoms with van der Waals surface area (Å²) < 4.78 is 11.3. The molecule has 2 aromatic carbocycles. The number of halogens is 1. The van der Waals surface area contributed by atoms with Crippen LogP contribution in [-0.4, -0.2) is 22.8 Å². The largest absolute Gasteiger partial charge is 0.507 e. The molecular formula is C15H9BrO6. The van der Waals surface area contributed by atoms with Crippen LogP contribution in [0.4, 0.5) is 0 Å². The first-order valence-electron chi connectivity index (χ1n) is 6.19. The van der Waals surface area contributed by atoms with Gasteiger partial charge in [-0.2, -0.15) is 0 Å². The lowest BCUT2D eigenvalue weighted by Crippen LogP contribution is -2.09. The zero-order chi connectivity index (χ0) is 15.9. The third kappa shape index (κ3) is 2.50. The Morgan fingerprint density at radius 3 is 2.73 bits per heavy atom. The maximum absolute atomic E-state index is 12.5. The van der Waals surface area contributed by atoms with E-state index in [0.29, 0.717) is 15.4 Å². The molecule has 0 amide bonds. The van der Waals surface area contributed by atoms with Gasteiger partial charge < -0.3 is 19.4 Å². The molecule has 1 aromatic heterocycles. The summed E-state index contributed by atoms with van der Waals surface area (Å²) in [6.07, 6.45) is 0. The van der Waals surface area contributed by atoms with Crippen molar-refractivity contribution < 1.29 is 24.2 Å². The molecule has 0 bridgehead atoms. The molecule has 0 aliphatic rings. The van der Waals surface area contributed by atoms with Crippen molar-refractivity contribution in [3.8, 4) is 11.5 Å². The number of aromatic hydroxyl groups is 1. The van der Waals surface area contributed by atoms with Gasteiger partial charge >= 0.3 is 5.97 Å². The smallest absolute Gasteiger partial charge is 0.341 e. The summed E-state index contributed by atoms with van der Waals surface area (Å²) in [4.78, 5) is 23.0. The summed E-state index contributed by atoms with van der Waals surface area (Å²) in [5.41, 5.74) is 0.107. The number of ether oxygens (including phenoxy) is 1. The fraction of sp³-hybridized carbons (Fsp3) is 0.0667. The summed E-state index contributed by atoms with van der Waals surface area (Å²) in [7, 11) is 0. The first kappa shape index (κ1) is 14.4. The maximum Gasteiger partial charge on any atom is 0.341 e. The highest BCUT2D eigenvalue weighted by molar-refractivity contribution is 9.10. The molecule has 112 valence electrons. The van der Waals surface area contributed by atoms with Crippen LogP contribution in [0.25, 0.3) is 21.9 Å². The first-order chi connectivity index (χ1) is 10.5. The Balaban J connectivity index is 2.26. The van der Waals surface area contributed by atoms with Gasteiger partial charge in [-0.25, -0.2) is 4.79 Å². The Hall–Kier alpha value is -2.54. The van der Waals surface area contributed by atoms with Crippen LogP contribution >= 0.6 is 15.9 Å². The Kier molecular flexibility index (Phi) is 3.50. The van der Waals surface area contributed by atoms with Gasteiger partial charge in [0.05, 0.1) is 5.39 Å². The number of aliphatic carboxylic acids is 1. The van der Waals surface area contributed by atoms with Crippen LogP contribution < -0.4 is 10.2 Å². The Morgan fingerprint density at radius 1 is 1.23 bits per heavy atom.